The van der Waals surface area contributed by atoms with E-state index in [0.29, 0.717) is 5.75 Å². The summed E-state index contributed by atoms with van der Waals surface area (Å²) in [7, 11) is 0. The first-order chi connectivity index (χ1) is 26.4. The number of carbonyl (C=O) groups excluding carboxylic acids is 3. The lowest BCUT2D eigenvalue weighted by molar-refractivity contribution is -0.144. The first-order valence-electron chi connectivity index (χ1n) is 17.9. The van der Waals surface area contributed by atoms with E-state index in [0.717, 1.165) is 43.1 Å². The Bertz CT molecular complexity index is 2080. The number of halogens is 1. The number of hydrogen-bond donors (Lipinski definition) is 3. The van der Waals surface area contributed by atoms with E-state index in [1.807, 2.05) is 100 Å². The van der Waals surface area contributed by atoms with Crippen molar-refractivity contribution < 1.29 is 29.0 Å². The van der Waals surface area contributed by atoms with Gasteiger partial charge in [0.15, 0.2) is 0 Å². The van der Waals surface area contributed by atoms with Gasteiger partial charge >= 0.3 is 0 Å². The number of likely N-dealkylation sites (tertiary alicyclic amines) is 1. The highest BCUT2D eigenvalue weighted by Gasteiger charge is 2.44. The molecule has 1 saturated heterocycles. The zero-order valence-electron chi connectivity index (χ0n) is 31.1. The Morgan fingerprint density at radius 2 is 1.75 bits per heavy atom. The zero-order valence-corrected chi connectivity index (χ0v) is 33.5. The van der Waals surface area contributed by atoms with E-state index < -0.39 is 35.4 Å². The molecular weight excluding hydrogens is 786 g/mol. The summed E-state index contributed by atoms with van der Waals surface area (Å²) in [6.07, 6.45) is 4.57. The number of rotatable bonds is 14. The summed E-state index contributed by atoms with van der Waals surface area (Å²) < 4.78 is 14.0. The summed E-state index contributed by atoms with van der Waals surface area (Å²) in [5.41, 5.74) is 6.65. The number of aliphatic hydroxyl groups excluding tert-OH is 1. The maximum absolute atomic E-state index is 13.9. The summed E-state index contributed by atoms with van der Waals surface area (Å²) in [6, 6.07) is 17.3. The van der Waals surface area contributed by atoms with Gasteiger partial charge in [-0.15, -0.1) is 11.3 Å². The Balaban J connectivity index is 0.962. The summed E-state index contributed by atoms with van der Waals surface area (Å²) in [5, 5.41) is 20.9. The molecule has 3 atom stereocenters. The van der Waals surface area contributed by atoms with Gasteiger partial charge in [0.2, 0.25) is 17.7 Å². The first-order valence-corrected chi connectivity index (χ1v) is 19.6. The highest BCUT2D eigenvalue weighted by Crippen LogP contribution is 2.30. The molecule has 5 aromatic rings. The second kappa shape index (κ2) is 17.7. The molecular formula is C40H44BrN7O6S. The van der Waals surface area contributed by atoms with Crippen molar-refractivity contribution in [1.82, 2.24) is 35.3 Å². The van der Waals surface area contributed by atoms with Crippen molar-refractivity contribution in [2.75, 3.05) is 26.4 Å². The number of thiazole rings is 1. The molecule has 288 valence electrons. The number of nitrogens with zero attached hydrogens (tertiary/aromatic N) is 5. The molecule has 1 aliphatic heterocycles. The van der Waals surface area contributed by atoms with Gasteiger partial charge < -0.3 is 30.1 Å². The number of aromatic nitrogens is 4. The van der Waals surface area contributed by atoms with Crippen LogP contribution in [0.15, 0.2) is 89.2 Å². The van der Waals surface area contributed by atoms with Crippen LogP contribution in [0.4, 0.5) is 0 Å². The van der Waals surface area contributed by atoms with Crippen LogP contribution in [-0.2, 0) is 25.7 Å². The van der Waals surface area contributed by atoms with Gasteiger partial charge in [-0.05, 0) is 75.8 Å². The molecule has 0 bridgehead atoms. The van der Waals surface area contributed by atoms with Gasteiger partial charge in [0.1, 0.15) is 36.7 Å². The highest BCUT2D eigenvalue weighted by molar-refractivity contribution is 9.10. The average Bonchev–Trinajstić information content (AvgIpc) is 3.90. The average molecular weight is 831 g/mol. The van der Waals surface area contributed by atoms with Crippen LogP contribution in [0, 0.1) is 12.3 Å². The number of aliphatic hydroxyl groups is 1. The van der Waals surface area contributed by atoms with Crippen molar-refractivity contribution in [3.05, 3.63) is 100 Å². The molecule has 0 aliphatic carbocycles. The third-order valence-corrected chi connectivity index (χ3v) is 10.7. The molecule has 13 nitrogen and oxygen atoms in total. The van der Waals surface area contributed by atoms with Crippen LogP contribution < -0.4 is 15.4 Å². The summed E-state index contributed by atoms with van der Waals surface area (Å²) in [5.74, 6) is -0.660. The predicted octanol–water partition coefficient (Wildman–Crippen LogP) is 5.33. The third-order valence-electron chi connectivity index (χ3n) is 9.17. The van der Waals surface area contributed by atoms with Crippen LogP contribution in [0.25, 0.3) is 27.4 Å². The number of carbonyl (C=O) groups is 3. The quantitative estimate of drug-likeness (QED) is 0.126. The molecule has 55 heavy (non-hydrogen) atoms. The van der Waals surface area contributed by atoms with Gasteiger partial charge in [-0.1, -0.05) is 45.0 Å². The topological polar surface area (TPSA) is 161 Å². The Morgan fingerprint density at radius 1 is 1.02 bits per heavy atom. The highest BCUT2D eigenvalue weighted by atomic mass is 79.9. The fourth-order valence-electron chi connectivity index (χ4n) is 6.25. The minimum atomic E-state index is -0.960. The fraction of sp³-hybridized carbons (Fsp3) is 0.350. The number of nitrogens with one attached hydrogen (secondary N) is 2. The second-order valence-corrected chi connectivity index (χ2v) is 16.1. The molecule has 15 heteroatoms. The van der Waals surface area contributed by atoms with Gasteiger partial charge in [-0.25, -0.2) is 9.67 Å². The van der Waals surface area contributed by atoms with Crippen LogP contribution in [0.3, 0.4) is 0 Å². The fourth-order valence-corrected chi connectivity index (χ4v) is 7.57. The number of ether oxygens (including phenoxy) is 2. The predicted molar refractivity (Wildman–Crippen MR) is 212 cm³/mol. The number of aryl methyl sites for hydroxylation is 1. The lowest BCUT2D eigenvalue weighted by atomic mass is 9.85. The molecule has 1 unspecified atom stereocenters. The van der Waals surface area contributed by atoms with Crippen molar-refractivity contribution in [1.29, 1.82) is 0 Å². The number of hydrogen-bond acceptors (Lipinski definition) is 10. The largest absolute Gasteiger partial charge is 0.491 e. The van der Waals surface area contributed by atoms with Gasteiger partial charge in [-0.2, -0.15) is 5.10 Å². The summed E-state index contributed by atoms with van der Waals surface area (Å²) in [6.45, 7) is 7.77. The Kier molecular flexibility index (Phi) is 12.8. The number of benzene rings is 2. The molecule has 3 aromatic heterocycles. The number of pyridine rings is 1. The minimum absolute atomic E-state index is 0.0107. The van der Waals surface area contributed by atoms with E-state index in [4.69, 9.17) is 9.47 Å². The molecule has 4 heterocycles. The van der Waals surface area contributed by atoms with E-state index in [1.54, 1.807) is 28.4 Å². The molecule has 3 N–H and O–H groups in total. The lowest BCUT2D eigenvalue weighted by Gasteiger charge is -2.35. The molecule has 1 aliphatic rings. The molecule has 1 fully saturated rings. The van der Waals surface area contributed by atoms with Gasteiger partial charge in [-0.3, -0.25) is 19.4 Å². The molecule has 0 radical (unpaired) electrons. The molecule has 0 spiro atoms. The van der Waals surface area contributed by atoms with Crippen LogP contribution in [-0.4, -0.2) is 92.0 Å². The van der Waals surface area contributed by atoms with Crippen molar-refractivity contribution >= 4 is 45.0 Å². The van der Waals surface area contributed by atoms with Crippen LogP contribution in [0.1, 0.15) is 38.4 Å². The zero-order chi connectivity index (χ0) is 39.1. The summed E-state index contributed by atoms with van der Waals surface area (Å²) in [4.78, 5) is 51.1. The Hall–Kier alpha value is -4.96. The maximum Gasteiger partial charge on any atom is 0.246 e. The molecule has 2 aromatic carbocycles. The third kappa shape index (κ3) is 10.0. The van der Waals surface area contributed by atoms with Gasteiger partial charge in [0, 0.05) is 43.7 Å². The van der Waals surface area contributed by atoms with Crippen LogP contribution in [0.5, 0.6) is 5.75 Å². The normalized spacial score (nSPS) is 16.1. The van der Waals surface area contributed by atoms with E-state index in [-0.39, 0.29) is 45.2 Å². The SMILES string of the molecule is Cc1ncsc1-c1ccc(CNC(=O)[C@@H]2C[C@@H](O)CN2C(=O)C(NC(=O)COCCOc2ccc(-n3cc(Br)c(-c4ccncc4)n3)cc2)C(C)(C)C)cc1. The summed E-state index contributed by atoms with van der Waals surface area (Å²) >= 11 is 5.16. The van der Waals surface area contributed by atoms with Crippen molar-refractivity contribution in [3.63, 3.8) is 0 Å². The maximum atomic E-state index is 13.9. The van der Waals surface area contributed by atoms with Gasteiger partial charge in [0.25, 0.3) is 0 Å². The molecule has 3 amide bonds. The first kappa shape index (κ1) is 39.7. The molecule has 6 rings (SSSR count). The van der Waals surface area contributed by atoms with E-state index in [9.17, 15) is 19.5 Å². The second-order valence-electron chi connectivity index (χ2n) is 14.3. The number of amides is 3. The monoisotopic (exact) mass is 829 g/mol. The lowest BCUT2D eigenvalue weighted by Crippen LogP contribution is -2.58. The smallest absolute Gasteiger partial charge is 0.246 e. The Morgan fingerprint density at radius 3 is 2.42 bits per heavy atom. The standard InChI is InChI=1S/C40H44BrN7O6S/c1-25-36(55-24-44-25)28-7-5-26(6-8-28)20-43-38(51)33-19-30(49)21-47(33)39(52)37(40(2,3)4)45-34(50)23-53-17-18-54-31-11-9-29(10-12-31)48-22-32(41)35(46-48)27-13-15-42-16-14-27/h5-16,22,24,30,33,37,49H,17-21,23H2,1-4H3,(H,43,51)(H,45,50)/t30-,33+,37?/m1/s1. The van der Waals surface area contributed by atoms with Crippen molar-refractivity contribution in [2.45, 2.75) is 58.8 Å². The van der Waals surface area contributed by atoms with Crippen molar-refractivity contribution in [2.24, 2.45) is 5.41 Å². The van der Waals surface area contributed by atoms with Crippen LogP contribution >= 0.6 is 27.3 Å². The van der Waals surface area contributed by atoms with E-state index in [2.05, 4.69) is 41.6 Å². The van der Waals surface area contributed by atoms with E-state index >= 15 is 0 Å². The molecule has 0 saturated carbocycles. The van der Waals surface area contributed by atoms with Crippen molar-refractivity contribution in [3.8, 4) is 33.1 Å². The van der Waals surface area contributed by atoms with Gasteiger partial charge in [0.05, 0.1) is 39.0 Å². The van der Waals surface area contributed by atoms with Crippen LogP contribution in [0.2, 0.25) is 0 Å². The number of β-amino-alcohol motifs (C(OH)–C–C–N with tert-alkyl or cyclic N) is 1. The Labute approximate surface area is 332 Å². The van der Waals surface area contributed by atoms with E-state index in [1.165, 1.54) is 4.90 Å². The minimum Gasteiger partial charge on any atom is -0.491 e.